The van der Waals surface area contributed by atoms with Gasteiger partial charge in [-0.25, -0.2) is 13.3 Å². The molecule has 0 aliphatic carbocycles. The first-order valence-electron chi connectivity index (χ1n) is 10.7. The lowest BCUT2D eigenvalue weighted by atomic mass is 9.91. The van der Waals surface area contributed by atoms with Gasteiger partial charge in [-0.05, 0) is 60.7 Å². The molecule has 12 nitrogen and oxygen atoms in total. The Morgan fingerprint density at radius 1 is 0.711 bits per heavy atom. The number of carbonyl (C=O) groups is 2. The van der Waals surface area contributed by atoms with E-state index in [4.69, 9.17) is 0 Å². The van der Waals surface area contributed by atoms with Gasteiger partial charge >= 0.3 is 0 Å². The largest absolute Gasteiger partial charge is 0.284 e. The molecule has 0 spiro atoms. The summed E-state index contributed by atoms with van der Waals surface area (Å²) in [6, 6.07) is 15.6. The SMILES string of the molecule is O=C1c2ccc([N+](=O)[O-])c3c([N+](=O)[O-])ccc(c23)C(=O)N1c1ccc(S(=O)(=O)Nc2ccc(Br)cc2)cc1. The van der Waals surface area contributed by atoms with Crippen LogP contribution in [0.25, 0.3) is 10.8 Å². The molecule has 2 amide bonds. The molecule has 1 aliphatic rings. The first-order chi connectivity index (χ1) is 18.0. The van der Waals surface area contributed by atoms with Gasteiger partial charge in [0.1, 0.15) is 5.39 Å². The molecular formula is C24H13BrN4O8S. The normalized spacial score (nSPS) is 13.0. The third kappa shape index (κ3) is 4.05. The van der Waals surface area contributed by atoms with Crippen molar-refractivity contribution in [3.8, 4) is 0 Å². The minimum atomic E-state index is -3.99. The molecule has 4 aromatic rings. The molecule has 1 N–H and O–H groups in total. The topological polar surface area (TPSA) is 170 Å². The summed E-state index contributed by atoms with van der Waals surface area (Å²) < 4.78 is 28.8. The summed E-state index contributed by atoms with van der Waals surface area (Å²) in [5.41, 5.74) is -1.14. The molecule has 0 fully saturated rings. The molecule has 0 radical (unpaired) electrons. The van der Waals surface area contributed by atoms with Crippen LogP contribution in [0.5, 0.6) is 0 Å². The Hall–Kier alpha value is -4.69. The maximum absolute atomic E-state index is 13.4. The van der Waals surface area contributed by atoms with Crippen molar-refractivity contribution >= 4 is 71.3 Å². The lowest BCUT2D eigenvalue weighted by molar-refractivity contribution is -0.390. The summed E-state index contributed by atoms with van der Waals surface area (Å²) in [5, 5.41) is 22.5. The highest BCUT2D eigenvalue weighted by molar-refractivity contribution is 9.10. The molecular weight excluding hydrogens is 584 g/mol. The number of benzene rings is 4. The van der Waals surface area contributed by atoms with Crippen molar-refractivity contribution in [1.82, 2.24) is 0 Å². The van der Waals surface area contributed by atoms with Gasteiger partial charge in [-0.2, -0.15) is 0 Å². The van der Waals surface area contributed by atoms with E-state index in [0.29, 0.717) is 5.69 Å². The second-order valence-electron chi connectivity index (χ2n) is 8.08. The number of imide groups is 1. The Morgan fingerprint density at radius 3 is 1.68 bits per heavy atom. The maximum atomic E-state index is 13.4. The van der Waals surface area contributed by atoms with Crippen molar-refractivity contribution in [2.24, 2.45) is 0 Å². The van der Waals surface area contributed by atoms with Gasteiger partial charge in [0.2, 0.25) is 0 Å². The van der Waals surface area contributed by atoms with Crippen LogP contribution in [0.3, 0.4) is 0 Å². The van der Waals surface area contributed by atoms with Crippen molar-refractivity contribution in [2.45, 2.75) is 4.90 Å². The van der Waals surface area contributed by atoms with E-state index in [0.717, 1.165) is 33.6 Å². The van der Waals surface area contributed by atoms with Gasteiger partial charge in [0, 0.05) is 38.8 Å². The molecule has 0 bridgehead atoms. The van der Waals surface area contributed by atoms with E-state index in [-0.39, 0.29) is 27.1 Å². The molecule has 0 saturated heterocycles. The quantitative estimate of drug-likeness (QED) is 0.183. The number of anilines is 2. The summed E-state index contributed by atoms with van der Waals surface area (Å²) >= 11 is 3.27. The van der Waals surface area contributed by atoms with Crippen LogP contribution in [0.2, 0.25) is 0 Å². The lowest BCUT2D eigenvalue weighted by Crippen LogP contribution is -2.40. The zero-order chi connectivity index (χ0) is 27.4. The number of carbonyl (C=O) groups excluding carboxylic acids is 2. The van der Waals surface area contributed by atoms with E-state index in [1.54, 1.807) is 24.3 Å². The highest BCUT2D eigenvalue weighted by Gasteiger charge is 2.38. The minimum Gasteiger partial charge on any atom is -0.280 e. The van der Waals surface area contributed by atoms with Crippen LogP contribution >= 0.6 is 15.9 Å². The van der Waals surface area contributed by atoms with Gasteiger partial charge < -0.3 is 0 Å². The van der Waals surface area contributed by atoms with E-state index in [2.05, 4.69) is 20.7 Å². The zero-order valence-electron chi connectivity index (χ0n) is 18.8. The van der Waals surface area contributed by atoms with Gasteiger partial charge in [-0.3, -0.25) is 34.5 Å². The average molecular weight is 597 g/mol. The summed E-state index contributed by atoms with van der Waals surface area (Å²) in [7, 11) is -3.99. The molecule has 190 valence electrons. The van der Waals surface area contributed by atoms with Gasteiger partial charge in [0.25, 0.3) is 33.2 Å². The Morgan fingerprint density at radius 2 is 1.21 bits per heavy atom. The van der Waals surface area contributed by atoms with E-state index < -0.39 is 48.4 Å². The smallest absolute Gasteiger partial charge is 0.280 e. The highest BCUT2D eigenvalue weighted by Crippen LogP contribution is 2.41. The fourth-order valence-corrected chi connectivity index (χ4v) is 5.52. The van der Waals surface area contributed by atoms with Gasteiger partial charge in [-0.15, -0.1) is 0 Å². The molecule has 1 heterocycles. The van der Waals surface area contributed by atoms with Gasteiger partial charge in [0.15, 0.2) is 0 Å². The molecule has 14 heteroatoms. The van der Waals surface area contributed by atoms with Crippen LogP contribution < -0.4 is 9.62 Å². The zero-order valence-corrected chi connectivity index (χ0v) is 21.2. The van der Waals surface area contributed by atoms with Crippen LogP contribution in [0, 0.1) is 20.2 Å². The van der Waals surface area contributed by atoms with Crippen LogP contribution in [0.4, 0.5) is 22.7 Å². The molecule has 0 saturated carbocycles. The van der Waals surface area contributed by atoms with Gasteiger partial charge in [-0.1, -0.05) is 15.9 Å². The summed E-state index contributed by atoms with van der Waals surface area (Å²) in [6.07, 6.45) is 0. The average Bonchev–Trinajstić information content (AvgIpc) is 2.88. The second-order valence-corrected chi connectivity index (χ2v) is 10.7. The lowest BCUT2D eigenvalue weighted by Gasteiger charge is -2.27. The fraction of sp³-hybridized carbons (Fsp3) is 0. The van der Waals surface area contributed by atoms with Crippen molar-refractivity contribution in [2.75, 3.05) is 9.62 Å². The molecule has 5 rings (SSSR count). The summed E-state index contributed by atoms with van der Waals surface area (Å²) in [4.78, 5) is 48.8. The molecule has 38 heavy (non-hydrogen) atoms. The van der Waals surface area contributed by atoms with Gasteiger partial charge in [0.05, 0.1) is 20.4 Å². The maximum Gasteiger partial charge on any atom is 0.284 e. The van der Waals surface area contributed by atoms with Crippen LogP contribution in [0.1, 0.15) is 20.7 Å². The molecule has 0 atom stereocenters. The number of nitrogens with one attached hydrogen (secondary N) is 1. The number of halogens is 1. The predicted molar refractivity (Wildman–Crippen MR) is 140 cm³/mol. The molecule has 1 aliphatic heterocycles. The van der Waals surface area contributed by atoms with E-state index >= 15 is 0 Å². The van der Waals surface area contributed by atoms with Crippen molar-refractivity contribution < 1.29 is 27.9 Å². The van der Waals surface area contributed by atoms with Crippen LogP contribution in [0.15, 0.2) is 82.2 Å². The molecule has 0 unspecified atom stereocenters. The predicted octanol–water partition coefficient (Wildman–Crippen LogP) is 5.02. The van der Waals surface area contributed by atoms with Crippen molar-refractivity contribution in [3.63, 3.8) is 0 Å². The Balaban J connectivity index is 1.55. The van der Waals surface area contributed by atoms with E-state index in [9.17, 15) is 38.2 Å². The fourth-order valence-electron chi connectivity index (χ4n) is 4.19. The summed E-state index contributed by atoms with van der Waals surface area (Å²) in [5.74, 6) is -1.74. The van der Waals surface area contributed by atoms with E-state index in [1.807, 2.05) is 0 Å². The summed E-state index contributed by atoms with van der Waals surface area (Å²) in [6.45, 7) is 0. The highest BCUT2D eigenvalue weighted by atomic mass is 79.9. The minimum absolute atomic E-state index is 0.0399. The monoisotopic (exact) mass is 596 g/mol. The number of hydrogen-bond donors (Lipinski definition) is 1. The van der Waals surface area contributed by atoms with Crippen molar-refractivity contribution in [1.29, 1.82) is 0 Å². The van der Waals surface area contributed by atoms with Crippen molar-refractivity contribution in [3.05, 3.63) is 109 Å². The Labute approximate surface area is 222 Å². The second kappa shape index (κ2) is 9.00. The number of hydrogen-bond acceptors (Lipinski definition) is 8. The Kier molecular flexibility index (Phi) is 5.92. The van der Waals surface area contributed by atoms with Crippen LogP contribution in [-0.2, 0) is 10.0 Å². The third-order valence-electron chi connectivity index (χ3n) is 5.88. The number of amides is 2. The van der Waals surface area contributed by atoms with Crippen LogP contribution in [-0.4, -0.2) is 30.1 Å². The number of sulfonamides is 1. The first-order valence-corrected chi connectivity index (χ1v) is 12.9. The standard InChI is InChI=1S/C24H13BrN4O8S/c25-13-1-3-14(4-2-13)26-38(36,37)16-7-5-15(6-8-16)27-23(30)17-9-11-19(28(32)33)22-20(29(34)35)12-10-18(21(17)22)24(27)31/h1-12,26H. The number of rotatable bonds is 6. The first kappa shape index (κ1) is 25.0. The number of nitrogens with zero attached hydrogens (tertiary/aromatic N) is 3. The number of nitro benzene ring substituents is 2. The Bertz CT molecular complexity index is 1740. The molecule has 4 aromatic carbocycles. The number of nitro groups is 2. The van der Waals surface area contributed by atoms with E-state index in [1.165, 1.54) is 24.3 Å². The third-order valence-corrected chi connectivity index (χ3v) is 7.80. The molecule has 0 aromatic heterocycles. The number of non-ortho nitro benzene ring substituents is 2.